The lowest BCUT2D eigenvalue weighted by Gasteiger charge is -2.27. The van der Waals surface area contributed by atoms with Crippen LogP contribution in [0.4, 0.5) is 0 Å². The Morgan fingerprint density at radius 2 is 2.00 bits per heavy atom. The minimum atomic E-state index is 0.564. The molecule has 0 aromatic heterocycles. The van der Waals surface area contributed by atoms with Crippen LogP contribution in [0.5, 0.6) is 0 Å². The van der Waals surface area contributed by atoms with Gasteiger partial charge in [0, 0.05) is 6.04 Å². The van der Waals surface area contributed by atoms with Crippen LogP contribution in [0, 0.1) is 17.8 Å². The Balaban J connectivity index is 2.00. The van der Waals surface area contributed by atoms with Gasteiger partial charge in [-0.15, -0.1) is 0 Å². The smallest absolute Gasteiger partial charge is 0.00983 e. The molecule has 1 heteroatoms. The predicted molar refractivity (Wildman–Crippen MR) is 47.2 cm³/mol. The van der Waals surface area contributed by atoms with Gasteiger partial charge < -0.3 is 5.73 Å². The summed E-state index contributed by atoms with van der Waals surface area (Å²) in [6.07, 6.45) is 7.05. The Labute approximate surface area is 69.4 Å². The van der Waals surface area contributed by atoms with E-state index in [0.717, 1.165) is 17.8 Å². The fourth-order valence-electron chi connectivity index (χ4n) is 3.22. The maximum atomic E-state index is 6.15. The van der Waals surface area contributed by atoms with Gasteiger partial charge in [-0.1, -0.05) is 13.3 Å². The minimum Gasteiger partial charge on any atom is -0.327 e. The van der Waals surface area contributed by atoms with Crippen molar-refractivity contribution in [2.24, 2.45) is 23.5 Å². The van der Waals surface area contributed by atoms with Gasteiger partial charge in [0.15, 0.2) is 0 Å². The van der Waals surface area contributed by atoms with Crippen molar-refractivity contribution in [3.8, 4) is 0 Å². The van der Waals surface area contributed by atoms with E-state index in [2.05, 4.69) is 6.92 Å². The zero-order valence-electron chi connectivity index (χ0n) is 7.42. The van der Waals surface area contributed by atoms with Gasteiger partial charge in [0.1, 0.15) is 0 Å². The Bertz CT molecular complexity index is 142. The predicted octanol–water partition coefficient (Wildman–Crippen LogP) is 2.16. The van der Waals surface area contributed by atoms with Crippen LogP contribution in [0.3, 0.4) is 0 Å². The first kappa shape index (κ1) is 7.60. The van der Waals surface area contributed by atoms with Crippen molar-refractivity contribution in [3.63, 3.8) is 0 Å². The third kappa shape index (κ3) is 1.10. The molecule has 2 saturated carbocycles. The van der Waals surface area contributed by atoms with Gasteiger partial charge in [-0.25, -0.2) is 0 Å². The quantitative estimate of drug-likeness (QED) is 0.646. The van der Waals surface area contributed by atoms with Crippen molar-refractivity contribution in [3.05, 3.63) is 0 Å². The highest BCUT2D eigenvalue weighted by Gasteiger charge is 2.44. The van der Waals surface area contributed by atoms with Crippen LogP contribution in [0.15, 0.2) is 0 Å². The molecule has 4 atom stereocenters. The third-order valence-corrected chi connectivity index (χ3v) is 3.78. The lowest BCUT2D eigenvalue weighted by molar-refractivity contribution is 0.271. The highest BCUT2D eigenvalue weighted by Crippen LogP contribution is 2.49. The molecule has 2 aliphatic carbocycles. The van der Waals surface area contributed by atoms with Gasteiger partial charge in [-0.2, -0.15) is 0 Å². The van der Waals surface area contributed by atoms with E-state index in [9.17, 15) is 0 Å². The van der Waals surface area contributed by atoms with E-state index in [1.165, 1.54) is 32.1 Å². The monoisotopic (exact) mass is 153 g/mol. The van der Waals surface area contributed by atoms with E-state index < -0.39 is 0 Å². The molecule has 0 amide bonds. The zero-order chi connectivity index (χ0) is 7.84. The van der Waals surface area contributed by atoms with Gasteiger partial charge in [-0.3, -0.25) is 0 Å². The largest absolute Gasteiger partial charge is 0.327 e. The molecule has 1 nitrogen and oxygen atoms in total. The summed E-state index contributed by atoms with van der Waals surface area (Å²) in [5.41, 5.74) is 6.15. The number of hydrogen-bond donors (Lipinski definition) is 1. The Morgan fingerprint density at radius 3 is 2.55 bits per heavy atom. The molecular weight excluding hydrogens is 134 g/mol. The molecule has 0 heterocycles. The molecule has 2 bridgehead atoms. The molecule has 11 heavy (non-hydrogen) atoms. The Kier molecular flexibility index (Phi) is 1.92. The first-order chi connectivity index (χ1) is 5.33. The van der Waals surface area contributed by atoms with Crippen molar-refractivity contribution in [1.82, 2.24) is 0 Å². The minimum absolute atomic E-state index is 0.564. The molecule has 0 aromatic rings. The Hall–Kier alpha value is -0.0400. The standard InChI is InChI=1S/C10H19N/c1-2-3-9-7-4-5-8(6-7)10(9)11/h7-10H,2-6,11H2,1H3/t7-,8+,9-,10-/m0/s1. The molecule has 0 aliphatic heterocycles. The van der Waals surface area contributed by atoms with Crippen LogP contribution in [-0.2, 0) is 0 Å². The first-order valence-corrected chi connectivity index (χ1v) is 5.08. The fourth-order valence-corrected chi connectivity index (χ4v) is 3.22. The lowest BCUT2D eigenvalue weighted by Crippen LogP contribution is -2.35. The van der Waals surface area contributed by atoms with E-state index in [1.54, 1.807) is 0 Å². The summed E-state index contributed by atoms with van der Waals surface area (Å²) in [5.74, 6) is 2.80. The summed E-state index contributed by atoms with van der Waals surface area (Å²) in [6, 6.07) is 0.564. The van der Waals surface area contributed by atoms with E-state index in [0.29, 0.717) is 6.04 Å². The van der Waals surface area contributed by atoms with Gasteiger partial charge in [0.25, 0.3) is 0 Å². The van der Waals surface area contributed by atoms with Crippen LogP contribution in [0.25, 0.3) is 0 Å². The molecule has 2 fully saturated rings. The second-order valence-corrected chi connectivity index (χ2v) is 4.36. The summed E-state index contributed by atoms with van der Waals surface area (Å²) < 4.78 is 0. The first-order valence-electron chi connectivity index (χ1n) is 5.08. The number of hydrogen-bond acceptors (Lipinski definition) is 1. The average Bonchev–Trinajstić information content (AvgIpc) is 2.54. The highest BCUT2D eigenvalue weighted by atomic mass is 14.7. The summed E-state index contributed by atoms with van der Waals surface area (Å²) in [6.45, 7) is 2.28. The van der Waals surface area contributed by atoms with Crippen molar-refractivity contribution >= 4 is 0 Å². The van der Waals surface area contributed by atoms with Gasteiger partial charge in [0.05, 0.1) is 0 Å². The third-order valence-electron chi connectivity index (χ3n) is 3.78. The van der Waals surface area contributed by atoms with Crippen molar-refractivity contribution in [2.45, 2.75) is 45.1 Å². The van der Waals surface area contributed by atoms with Crippen LogP contribution < -0.4 is 5.73 Å². The topological polar surface area (TPSA) is 26.0 Å². The summed E-state index contributed by atoms with van der Waals surface area (Å²) in [7, 11) is 0. The second-order valence-electron chi connectivity index (χ2n) is 4.36. The molecule has 2 rings (SSSR count). The molecule has 2 aliphatic rings. The van der Waals surface area contributed by atoms with Crippen LogP contribution >= 0.6 is 0 Å². The van der Waals surface area contributed by atoms with Gasteiger partial charge in [-0.05, 0) is 43.4 Å². The van der Waals surface area contributed by atoms with Crippen molar-refractivity contribution in [2.75, 3.05) is 0 Å². The Morgan fingerprint density at radius 1 is 1.27 bits per heavy atom. The highest BCUT2D eigenvalue weighted by molar-refractivity contribution is 4.98. The number of nitrogens with two attached hydrogens (primary N) is 1. The zero-order valence-corrected chi connectivity index (χ0v) is 7.42. The van der Waals surface area contributed by atoms with Crippen LogP contribution in [-0.4, -0.2) is 6.04 Å². The van der Waals surface area contributed by atoms with E-state index in [4.69, 9.17) is 5.73 Å². The summed E-state index contributed by atoms with van der Waals surface area (Å²) in [4.78, 5) is 0. The summed E-state index contributed by atoms with van der Waals surface area (Å²) in [5, 5.41) is 0. The van der Waals surface area contributed by atoms with Crippen LogP contribution in [0.1, 0.15) is 39.0 Å². The average molecular weight is 153 g/mol. The van der Waals surface area contributed by atoms with E-state index in [1.807, 2.05) is 0 Å². The molecule has 0 saturated heterocycles. The van der Waals surface area contributed by atoms with E-state index in [-0.39, 0.29) is 0 Å². The second kappa shape index (κ2) is 2.78. The molecule has 0 radical (unpaired) electrons. The number of rotatable bonds is 2. The normalized spacial score (nSPS) is 48.5. The molecule has 64 valence electrons. The lowest BCUT2D eigenvalue weighted by atomic mass is 9.82. The molecule has 0 spiro atoms. The van der Waals surface area contributed by atoms with Crippen molar-refractivity contribution < 1.29 is 0 Å². The summed E-state index contributed by atoms with van der Waals surface area (Å²) >= 11 is 0. The molecular formula is C10H19N. The van der Waals surface area contributed by atoms with Crippen molar-refractivity contribution in [1.29, 1.82) is 0 Å². The fraction of sp³-hybridized carbons (Fsp3) is 1.00. The van der Waals surface area contributed by atoms with Gasteiger partial charge >= 0.3 is 0 Å². The van der Waals surface area contributed by atoms with Gasteiger partial charge in [0.2, 0.25) is 0 Å². The molecule has 0 aromatic carbocycles. The van der Waals surface area contributed by atoms with E-state index >= 15 is 0 Å². The van der Waals surface area contributed by atoms with Crippen LogP contribution in [0.2, 0.25) is 0 Å². The maximum Gasteiger partial charge on any atom is 0.00983 e. The maximum absolute atomic E-state index is 6.15. The molecule has 0 unspecified atom stereocenters. The number of fused-ring (bicyclic) bond motifs is 2. The molecule has 2 N–H and O–H groups in total. The SMILES string of the molecule is CCC[C@H]1[C@H]2CC[C@H](C2)[C@@H]1N.